The van der Waals surface area contributed by atoms with Crippen LogP contribution in [0.5, 0.6) is 0 Å². The molecule has 1 aromatic rings. The van der Waals surface area contributed by atoms with Crippen LogP contribution in [0.1, 0.15) is 25.3 Å². The van der Waals surface area contributed by atoms with E-state index >= 15 is 0 Å². The van der Waals surface area contributed by atoms with Crippen LogP contribution in [0.3, 0.4) is 0 Å². The van der Waals surface area contributed by atoms with Crippen LogP contribution in [0.2, 0.25) is 0 Å². The number of hydrogen-bond donors (Lipinski definition) is 1. The van der Waals surface area contributed by atoms with Crippen molar-refractivity contribution in [3.63, 3.8) is 0 Å². The zero-order valence-electron chi connectivity index (χ0n) is 8.03. The Morgan fingerprint density at radius 3 is 3.08 bits per heavy atom. The second-order valence-electron chi connectivity index (χ2n) is 3.17. The molecule has 0 spiro atoms. The highest BCUT2D eigenvalue weighted by Gasteiger charge is 1.90. The van der Waals surface area contributed by atoms with E-state index in [1.807, 2.05) is 12.3 Å². The smallest absolute Gasteiger partial charge is 0.0340 e. The fraction of sp³-hybridized carbons (Fsp3) is 0.364. The largest absolute Gasteiger partial charge is 0.330 e. The van der Waals surface area contributed by atoms with Gasteiger partial charge in [0.25, 0.3) is 0 Å². The van der Waals surface area contributed by atoms with Crippen molar-refractivity contribution in [3.05, 3.63) is 35.7 Å². The Labute approximate surface area is 79.5 Å². The molecule has 0 aromatic carbocycles. The highest BCUT2D eigenvalue weighted by Crippen LogP contribution is 2.09. The predicted octanol–water partition coefficient (Wildman–Crippen LogP) is 2.22. The maximum Gasteiger partial charge on any atom is 0.0340 e. The Morgan fingerprint density at radius 1 is 1.62 bits per heavy atom. The van der Waals surface area contributed by atoms with E-state index in [0.717, 1.165) is 24.9 Å². The summed E-state index contributed by atoms with van der Waals surface area (Å²) < 4.78 is 0. The fourth-order valence-corrected chi connectivity index (χ4v) is 1.20. The summed E-state index contributed by atoms with van der Waals surface area (Å²) >= 11 is 0. The van der Waals surface area contributed by atoms with Gasteiger partial charge in [0.1, 0.15) is 0 Å². The summed E-state index contributed by atoms with van der Waals surface area (Å²) in [6.45, 7) is 2.89. The molecule has 70 valence electrons. The van der Waals surface area contributed by atoms with Gasteiger partial charge in [-0.2, -0.15) is 0 Å². The first-order valence-electron chi connectivity index (χ1n) is 4.60. The molecule has 2 heteroatoms. The average molecular weight is 176 g/mol. The molecule has 0 bridgehead atoms. The summed E-state index contributed by atoms with van der Waals surface area (Å²) in [5.41, 5.74) is 7.95. The summed E-state index contributed by atoms with van der Waals surface area (Å²) in [7, 11) is 0. The Morgan fingerprint density at radius 2 is 2.46 bits per heavy atom. The molecule has 0 amide bonds. The minimum Gasteiger partial charge on any atom is -0.330 e. The van der Waals surface area contributed by atoms with Crippen molar-refractivity contribution in [1.29, 1.82) is 0 Å². The first-order valence-corrected chi connectivity index (χ1v) is 4.60. The van der Waals surface area contributed by atoms with Gasteiger partial charge in [0, 0.05) is 12.4 Å². The van der Waals surface area contributed by atoms with E-state index in [0.29, 0.717) is 0 Å². The van der Waals surface area contributed by atoms with Crippen LogP contribution in [-0.2, 0) is 0 Å². The van der Waals surface area contributed by atoms with Crippen LogP contribution in [0.25, 0.3) is 6.08 Å². The topological polar surface area (TPSA) is 38.9 Å². The van der Waals surface area contributed by atoms with Gasteiger partial charge in [-0.15, -0.1) is 0 Å². The van der Waals surface area contributed by atoms with Crippen LogP contribution in [0.15, 0.2) is 30.1 Å². The maximum absolute atomic E-state index is 5.43. The molecular formula is C11H16N2. The van der Waals surface area contributed by atoms with Crippen LogP contribution < -0.4 is 5.73 Å². The summed E-state index contributed by atoms with van der Waals surface area (Å²) in [6.07, 6.45) is 7.94. The molecule has 0 saturated heterocycles. The van der Waals surface area contributed by atoms with Gasteiger partial charge in [0.2, 0.25) is 0 Å². The van der Waals surface area contributed by atoms with E-state index in [-0.39, 0.29) is 0 Å². The Kier molecular flexibility index (Phi) is 4.19. The third-order valence-corrected chi connectivity index (χ3v) is 1.87. The lowest BCUT2D eigenvalue weighted by atomic mass is 10.1. The van der Waals surface area contributed by atoms with E-state index in [2.05, 4.69) is 24.1 Å². The lowest BCUT2D eigenvalue weighted by Gasteiger charge is -1.99. The molecule has 0 atom stereocenters. The minimum atomic E-state index is 0.762. The van der Waals surface area contributed by atoms with E-state index in [1.165, 1.54) is 5.57 Å². The van der Waals surface area contributed by atoms with Crippen molar-refractivity contribution in [2.24, 2.45) is 5.73 Å². The van der Waals surface area contributed by atoms with E-state index < -0.39 is 0 Å². The second kappa shape index (κ2) is 5.49. The number of aromatic nitrogens is 1. The van der Waals surface area contributed by atoms with Crippen LogP contribution >= 0.6 is 0 Å². The monoisotopic (exact) mass is 176 g/mol. The van der Waals surface area contributed by atoms with Crippen molar-refractivity contribution in [2.45, 2.75) is 19.8 Å². The lowest BCUT2D eigenvalue weighted by Crippen LogP contribution is -1.97. The van der Waals surface area contributed by atoms with E-state index in [9.17, 15) is 0 Å². The molecule has 0 fully saturated rings. The normalized spacial score (nSPS) is 11.7. The lowest BCUT2D eigenvalue weighted by molar-refractivity contribution is 0.827. The van der Waals surface area contributed by atoms with Crippen LogP contribution in [0, 0.1) is 0 Å². The van der Waals surface area contributed by atoms with Crippen molar-refractivity contribution < 1.29 is 0 Å². The molecule has 2 nitrogen and oxygen atoms in total. The minimum absolute atomic E-state index is 0.762. The molecule has 0 aliphatic carbocycles. The Balaban J connectivity index is 2.55. The van der Waals surface area contributed by atoms with Crippen molar-refractivity contribution in [1.82, 2.24) is 4.98 Å². The molecule has 0 unspecified atom stereocenters. The highest BCUT2D eigenvalue weighted by atomic mass is 14.6. The molecule has 0 aliphatic rings. The summed E-state index contributed by atoms with van der Waals surface area (Å²) in [4.78, 5) is 4.05. The molecule has 1 aromatic heterocycles. The number of hydrogen-bond acceptors (Lipinski definition) is 2. The zero-order chi connectivity index (χ0) is 9.52. The Hall–Kier alpha value is -1.15. The van der Waals surface area contributed by atoms with Gasteiger partial charge in [-0.05, 0) is 37.9 Å². The average Bonchev–Trinajstić information content (AvgIpc) is 2.16. The number of nitrogens with two attached hydrogens (primary N) is 1. The molecule has 2 N–H and O–H groups in total. The van der Waals surface area contributed by atoms with E-state index in [1.54, 1.807) is 6.20 Å². The number of rotatable bonds is 4. The highest BCUT2D eigenvalue weighted by molar-refractivity contribution is 5.50. The molecule has 0 aliphatic heterocycles. The van der Waals surface area contributed by atoms with Gasteiger partial charge < -0.3 is 5.73 Å². The summed E-state index contributed by atoms with van der Waals surface area (Å²) in [6, 6.07) is 4.00. The maximum atomic E-state index is 5.43. The molecule has 1 heterocycles. The van der Waals surface area contributed by atoms with Gasteiger partial charge in [0.15, 0.2) is 0 Å². The third kappa shape index (κ3) is 3.85. The Bertz CT molecular complexity index is 265. The predicted molar refractivity (Wildman–Crippen MR) is 56.2 cm³/mol. The third-order valence-electron chi connectivity index (χ3n) is 1.87. The number of nitrogens with zero attached hydrogens (tertiary/aromatic N) is 1. The van der Waals surface area contributed by atoms with Gasteiger partial charge in [-0.3, -0.25) is 4.98 Å². The summed E-state index contributed by atoms with van der Waals surface area (Å²) in [5.74, 6) is 0. The second-order valence-corrected chi connectivity index (χ2v) is 3.17. The fourth-order valence-electron chi connectivity index (χ4n) is 1.20. The standard InChI is InChI=1S/C11H16N2/c1-10(4-2-6-12)8-11-5-3-7-13-9-11/h3,5,7-9H,2,4,6,12H2,1H3. The quantitative estimate of drug-likeness (QED) is 0.764. The first-order chi connectivity index (χ1) is 6.33. The van der Waals surface area contributed by atoms with E-state index in [4.69, 9.17) is 5.73 Å². The van der Waals surface area contributed by atoms with Crippen molar-refractivity contribution in [3.8, 4) is 0 Å². The molecule has 13 heavy (non-hydrogen) atoms. The zero-order valence-corrected chi connectivity index (χ0v) is 8.03. The van der Waals surface area contributed by atoms with Gasteiger partial charge in [-0.25, -0.2) is 0 Å². The number of pyridine rings is 1. The summed E-state index contributed by atoms with van der Waals surface area (Å²) in [5, 5.41) is 0. The van der Waals surface area contributed by atoms with Crippen LogP contribution in [0.4, 0.5) is 0 Å². The van der Waals surface area contributed by atoms with Gasteiger partial charge in [0.05, 0.1) is 0 Å². The molecule has 0 radical (unpaired) electrons. The first kappa shape index (κ1) is 9.93. The molecule has 0 saturated carbocycles. The van der Waals surface area contributed by atoms with Crippen molar-refractivity contribution in [2.75, 3.05) is 6.54 Å². The SMILES string of the molecule is CC(=Cc1cccnc1)CCCN. The molecular weight excluding hydrogens is 160 g/mol. The van der Waals surface area contributed by atoms with Crippen LogP contribution in [-0.4, -0.2) is 11.5 Å². The van der Waals surface area contributed by atoms with Crippen molar-refractivity contribution >= 4 is 6.08 Å². The molecule has 1 rings (SSSR count). The van der Waals surface area contributed by atoms with Gasteiger partial charge >= 0.3 is 0 Å². The number of allylic oxidation sites excluding steroid dienone is 1. The van der Waals surface area contributed by atoms with Gasteiger partial charge in [-0.1, -0.05) is 17.7 Å².